The number of carbonyl (C=O) groups is 1. The Morgan fingerprint density at radius 3 is 2.17 bits per heavy atom. The van der Waals surface area contributed by atoms with E-state index in [1.165, 1.54) is 16.4 Å². The predicted molar refractivity (Wildman–Crippen MR) is 92.0 cm³/mol. The molecule has 134 valence electrons. The van der Waals surface area contributed by atoms with Gasteiger partial charge in [-0.05, 0) is 24.3 Å². The number of ether oxygens (including phenoxy) is 1. The summed E-state index contributed by atoms with van der Waals surface area (Å²) in [5.74, 6) is -0.0839. The Morgan fingerprint density at radius 1 is 1.00 bits per heavy atom. The second kappa shape index (κ2) is 8.26. The lowest BCUT2D eigenvalue weighted by molar-refractivity contribution is 0.0303. The Balaban J connectivity index is 0.00000208. The minimum atomic E-state index is -3.48. The molecule has 0 spiro atoms. The first-order valence-corrected chi connectivity index (χ1v) is 9.21. The van der Waals surface area contributed by atoms with Crippen molar-refractivity contribution >= 4 is 28.3 Å². The topological polar surface area (TPSA) is 79.0 Å². The fourth-order valence-corrected chi connectivity index (χ4v) is 4.19. The van der Waals surface area contributed by atoms with Crippen LogP contribution in [0.25, 0.3) is 0 Å². The maximum atomic E-state index is 12.6. The van der Waals surface area contributed by atoms with E-state index in [1.54, 1.807) is 17.0 Å². The van der Waals surface area contributed by atoms with Gasteiger partial charge in [0.2, 0.25) is 10.0 Å². The molecule has 0 saturated carbocycles. The Morgan fingerprint density at radius 2 is 1.58 bits per heavy atom. The normalized spacial score (nSPS) is 19.6. The van der Waals surface area contributed by atoms with Crippen molar-refractivity contribution in [2.75, 3.05) is 52.5 Å². The van der Waals surface area contributed by atoms with Gasteiger partial charge in [-0.1, -0.05) is 0 Å². The highest BCUT2D eigenvalue weighted by Crippen LogP contribution is 2.18. The van der Waals surface area contributed by atoms with Gasteiger partial charge in [0.25, 0.3) is 5.91 Å². The van der Waals surface area contributed by atoms with Crippen LogP contribution in [0.5, 0.6) is 0 Å². The summed E-state index contributed by atoms with van der Waals surface area (Å²) in [7, 11) is -3.48. The minimum Gasteiger partial charge on any atom is -0.378 e. The van der Waals surface area contributed by atoms with E-state index < -0.39 is 10.0 Å². The van der Waals surface area contributed by atoms with Gasteiger partial charge in [-0.25, -0.2) is 8.42 Å². The number of nitrogens with zero attached hydrogens (tertiary/aromatic N) is 2. The van der Waals surface area contributed by atoms with Crippen LogP contribution < -0.4 is 5.32 Å². The summed E-state index contributed by atoms with van der Waals surface area (Å²) >= 11 is 0. The lowest BCUT2D eigenvalue weighted by atomic mass is 10.2. The number of morpholine rings is 1. The highest BCUT2D eigenvalue weighted by atomic mass is 35.5. The van der Waals surface area contributed by atoms with Gasteiger partial charge in [-0.15, -0.1) is 12.4 Å². The molecular formula is C15H22ClN3O4S. The Kier molecular flexibility index (Phi) is 6.59. The van der Waals surface area contributed by atoms with Crippen molar-refractivity contribution in [3.05, 3.63) is 29.8 Å². The predicted octanol–water partition coefficient (Wildman–Crippen LogP) is 0.175. The van der Waals surface area contributed by atoms with Gasteiger partial charge < -0.3 is 15.0 Å². The summed E-state index contributed by atoms with van der Waals surface area (Å²) in [6.45, 7) is 4.48. The van der Waals surface area contributed by atoms with Gasteiger partial charge in [0.1, 0.15) is 0 Å². The van der Waals surface area contributed by atoms with Gasteiger partial charge in [0.05, 0.1) is 18.1 Å². The number of rotatable bonds is 3. The molecule has 1 aromatic rings. The van der Waals surface area contributed by atoms with E-state index in [0.717, 1.165) is 0 Å². The fourth-order valence-electron chi connectivity index (χ4n) is 2.75. The molecule has 0 unspecified atom stereocenters. The van der Waals surface area contributed by atoms with Gasteiger partial charge >= 0.3 is 0 Å². The maximum absolute atomic E-state index is 12.6. The molecule has 2 saturated heterocycles. The van der Waals surface area contributed by atoms with E-state index in [0.29, 0.717) is 58.0 Å². The number of halogens is 1. The number of hydrogen-bond acceptors (Lipinski definition) is 5. The summed E-state index contributed by atoms with van der Waals surface area (Å²) in [5.41, 5.74) is 0.506. The van der Waals surface area contributed by atoms with Crippen LogP contribution in [0.15, 0.2) is 29.2 Å². The Labute approximate surface area is 148 Å². The molecule has 2 fully saturated rings. The largest absolute Gasteiger partial charge is 0.378 e. The Hall–Kier alpha value is -1.19. The lowest BCUT2D eigenvalue weighted by Gasteiger charge is -2.27. The molecule has 2 aliphatic heterocycles. The van der Waals surface area contributed by atoms with E-state index in [9.17, 15) is 13.2 Å². The zero-order valence-electron chi connectivity index (χ0n) is 13.3. The van der Waals surface area contributed by atoms with Gasteiger partial charge in [-0.3, -0.25) is 4.79 Å². The van der Waals surface area contributed by atoms with Crippen LogP contribution in [0.4, 0.5) is 0 Å². The van der Waals surface area contributed by atoms with Crippen molar-refractivity contribution in [1.82, 2.24) is 14.5 Å². The number of nitrogens with one attached hydrogen (secondary N) is 1. The van der Waals surface area contributed by atoms with Crippen molar-refractivity contribution in [3.8, 4) is 0 Å². The standard InChI is InChI=1S/C15H21N3O4S.ClH/c19-15(17-9-11-22-12-10-17)13-1-3-14(4-2-13)23(20,21)18-7-5-16-6-8-18;/h1-4,16H,5-12H2;1H. The first-order chi connectivity index (χ1) is 11.1. The van der Waals surface area contributed by atoms with E-state index >= 15 is 0 Å². The molecular weight excluding hydrogens is 354 g/mol. The van der Waals surface area contributed by atoms with Crippen molar-refractivity contribution in [3.63, 3.8) is 0 Å². The zero-order chi connectivity index (χ0) is 16.3. The molecule has 2 heterocycles. The van der Waals surface area contributed by atoms with Crippen LogP contribution in [-0.4, -0.2) is 76.0 Å². The van der Waals surface area contributed by atoms with Crippen molar-refractivity contribution in [2.45, 2.75) is 4.90 Å². The van der Waals surface area contributed by atoms with Crippen molar-refractivity contribution in [1.29, 1.82) is 0 Å². The number of carbonyl (C=O) groups excluding carboxylic acids is 1. The number of benzene rings is 1. The molecule has 0 atom stereocenters. The summed E-state index contributed by atoms with van der Waals surface area (Å²) in [6, 6.07) is 6.22. The average molecular weight is 376 g/mol. The van der Waals surface area contributed by atoms with Crippen molar-refractivity contribution in [2.24, 2.45) is 0 Å². The molecule has 0 aliphatic carbocycles. The number of amides is 1. The minimum absolute atomic E-state index is 0. The van der Waals surface area contributed by atoms with Gasteiger partial charge in [0.15, 0.2) is 0 Å². The molecule has 0 aromatic heterocycles. The van der Waals surface area contributed by atoms with Crippen LogP contribution >= 0.6 is 12.4 Å². The maximum Gasteiger partial charge on any atom is 0.254 e. The molecule has 0 radical (unpaired) electrons. The highest BCUT2D eigenvalue weighted by molar-refractivity contribution is 7.89. The zero-order valence-corrected chi connectivity index (χ0v) is 14.9. The van der Waals surface area contributed by atoms with E-state index in [2.05, 4.69) is 5.32 Å². The first kappa shape index (κ1) is 19.1. The highest BCUT2D eigenvalue weighted by Gasteiger charge is 2.26. The van der Waals surface area contributed by atoms with Crippen LogP contribution in [-0.2, 0) is 14.8 Å². The SMILES string of the molecule is Cl.O=C(c1ccc(S(=O)(=O)N2CCNCC2)cc1)N1CCOCC1. The molecule has 2 aliphatic rings. The molecule has 9 heteroatoms. The van der Waals surface area contributed by atoms with Crippen LogP contribution in [0, 0.1) is 0 Å². The lowest BCUT2D eigenvalue weighted by Crippen LogP contribution is -2.46. The quantitative estimate of drug-likeness (QED) is 0.815. The second-order valence-corrected chi connectivity index (χ2v) is 7.52. The summed E-state index contributed by atoms with van der Waals surface area (Å²) in [4.78, 5) is 14.3. The third kappa shape index (κ3) is 4.07. The average Bonchev–Trinajstić information content (AvgIpc) is 2.63. The summed E-state index contributed by atoms with van der Waals surface area (Å²) in [6.07, 6.45) is 0. The number of sulfonamides is 1. The van der Waals surface area contributed by atoms with E-state index in [-0.39, 0.29) is 23.2 Å². The summed E-state index contributed by atoms with van der Waals surface area (Å²) < 4.78 is 31.8. The molecule has 7 nitrogen and oxygen atoms in total. The van der Waals surface area contributed by atoms with Crippen molar-refractivity contribution < 1.29 is 17.9 Å². The van der Waals surface area contributed by atoms with Gasteiger partial charge in [0, 0.05) is 44.8 Å². The first-order valence-electron chi connectivity index (χ1n) is 7.77. The van der Waals surface area contributed by atoms with E-state index in [4.69, 9.17) is 4.74 Å². The molecule has 1 amide bonds. The monoisotopic (exact) mass is 375 g/mol. The fraction of sp³-hybridized carbons (Fsp3) is 0.533. The molecule has 1 aromatic carbocycles. The molecule has 0 bridgehead atoms. The smallest absolute Gasteiger partial charge is 0.254 e. The van der Waals surface area contributed by atoms with Crippen LogP contribution in [0.2, 0.25) is 0 Å². The molecule has 3 rings (SSSR count). The third-order valence-corrected chi connectivity index (χ3v) is 6.03. The molecule has 24 heavy (non-hydrogen) atoms. The third-order valence-electron chi connectivity index (χ3n) is 4.11. The molecule has 1 N–H and O–H groups in total. The van der Waals surface area contributed by atoms with Gasteiger partial charge in [-0.2, -0.15) is 4.31 Å². The summed E-state index contributed by atoms with van der Waals surface area (Å²) in [5, 5.41) is 3.13. The van der Waals surface area contributed by atoms with Crippen LogP contribution in [0.1, 0.15) is 10.4 Å². The van der Waals surface area contributed by atoms with E-state index in [1.807, 2.05) is 0 Å². The number of hydrogen-bond donors (Lipinski definition) is 1. The number of piperazine rings is 1. The Bertz CT molecular complexity index is 654. The second-order valence-electron chi connectivity index (χ2n) is 5.58. The van der Waals surface area contributed by atoms with Crippen LogP contribution in [0.3, 0.4) is 0 Å².